The van der Waals surface area contributed by atoms with Gasteiger partial charge < -0.3 is 4.74 Å². The van der Waals surface area contributed by atoms with Crippen molar-refractivity contribution in [2.45, 2.75) is 19.6 Å². The molecule has 0 aromatic heterocycles. The van der Waals surface area contributed by atoms with Crippen molar-refractivity contribution in [3.8, 4) is 0 Å². The lowest BCUT2D eigenvalue weighted by Gasteiger charge is -2.23. The number of hydrazone groups is 1. The van der Waals surface area contributed by atoms with Gasteiger partial charge in [-0.15, -0.1) is 0 Å². The number of rotatable bonds is 3. The van der Waals surface area contributed by atoms with Gasteiger partial charge in [0.1, 0.15) is 0 Å². The summed E-state index contributed by atoms with van der Waals surface area (Å²) in [5, 5.41) is 6.22. The highest BCUT2D eigenvalue weighted by molar-refractivity contribution is 5.91. The molecular formula is C17H16N2O2. The summed E-state index contributed by atoms with van der Waals surface area (Å²) in [5.74, 6) is -0.327. The molecule has 1 heterocycles. The fourth-order valence-electron chi connectivity index (χ4n) is 2.29. The second-order valence-corrected chi connectivity index (χ2v) is 4.95. The number of hydrogen-bond donors (Lipinski definition) is 0. The van der Waals surface area contributed by atoms with E-state index >= 15 is 0 Å². The summed E-state index contributed by atoms with van der Waals surface area (Å²) in [6, 6.07) is 18.7. The lowest BCUT2D eigenvalue weighted by molar-refractivity contribution is 0.0327. The Morgan fingerprint density at radius 2 is 1.71 bits per heavy atom. The number of carbonyl (C=O) groups excluding carboxylic acids is 1. The Morgan fingerprint density at radius 3 is 2.38 bits per heavy atom. The van der Waals surface area contributed by atoms with E-state index < -0.39 is 0 Å². The van der Waals surface area contributed by atoms with E-state index in [-0.39, 0.29) is 12.2 Å². The minimum absolute atomic E-state index is 0.327. The maximum Gasteiger partial charge on any atom is 0.340 e. The molecule has 0 saturated carbocycles. The van der Waals surface area contributed by atoms with Crippen molar-refractivity contribution in [1.29, 1.82) is 0 Å². The lowest BCUT2D eigenvalue weighted by atomic mass is 10.2. The van der Waals surface area contributed by atoms with Gasteiger partial charge in [0, 0.05) is 12.1 Å². The van der Waals surface area contributed by atoms with E-state index in [1.54, 1.807) is 17.1 Å². The van der Waals surface area contributed by atoms with E-state index in [1.165, 1.54) is 0 Å². The first-order valence-electron chi connectivity index (χ1n) is 6.88. The molecule has 0 bridgehead atoms. The Labute approximate surface area is 123 Å². The van der Waals surface area contributed by atoms with E-state index in [0.29, 0.717) is 12.0 Å². The summed E-state index contributed by atoms with van der Waals surface area (Å²) >= 11 is 0. The molecule has 106 valence electrons. The summed E-state index contributed by atoms with van der Waals surface area (Å²) in [6.45, 7) is 1.94. The van der Waals surface area contributed by atoms with Crippen molar-refractivity contribution in [3.05, 3.63) is 66.2 Å². The molecule has 2 aromatic rings. The molecule has 0 saturated heterocycles. The van der Waals surface area contributed by atoms with Crippen molar-refractivity contribution >= 4 is 17.4 Å². The van der Waals surface area contributed by atoms with Gasteiger partial charge in [0.15, 0.2) is 0 Å². The van der Waals surface area contributed by atoms with Crippen LogP contribution >= 0.6 is 0 Å². The summed E-state index contributed by atoms with van der Waals surface area (Å²) in [4.78, 5) is 12.2. The van der Waals surface area contributed by atoms with Crippen LogP contribution in [-0.2, 0) is 4.74 Å². The van der Waals surface area contributed by atoms with Gasteiger partial charge in [0.05, 0.1) is 11.3 Å². The van der Waals surface area contributed by atoms with Gasteiger partial charge in [-0.25, -0.2) is 9.80 Å². The summed E-state index contributed by atoms with van der Waals surface area (Å²) in [6.07, 6.45) is 0.230. The Bertz CT molecular complexity index is 653. The number of anilines is 1. The van der Waals surface area contributed by atoms with Crippen LogP contribution in [0.1, 0.15) is 23.7 Å². The van der Waals surface area contributed by atoms with E-state index in [9.17, 15) is 4.79 Å². The van der Waals surface area contributed by atoms with Crippen LogP contribution < -0.4 is 5.01 Å². The molecule has 4 nitrogen and oxygen atoms in total. The topological polar surface area (TPSA) is 41.9 Å². The molecule has 0 amide bonds. The molecule has 0 N–H and O–H groups in total. The standard InChI is InChI=1S/C17H16N2O2/c1-13-12-16(19(18-13)15-10-6-3-7-11-15)21-17(20)14-8-4-2-5-9-14/h2-11,16H,12H2,1H3/t16-/m0/s1. The number of ether oxygens (including phenoxy) is 1. The zero-order valence-corrected chi connectivity index (χ0v) is 11.8. The first kappa shape index (κ1) is 13.4. The average molecular weight is 280 g/mol. The third kappa shape index (κ3) is 2.94. The molecule has 4 heteroatoms. The quantitative estimate of drug-likeness (QED) is 0.809. The molecule has 3 rings (SSSR count). The van der Waals surface area contributed by atoms with Crippen LogP contribution in [0, 0.1) is 0 Å². The highest BCUT2D eigenvalue weighted by Crippen LogP contribution is 2.25. The summed E-state index contributed by atoms with van der Waals surface area (Å²) < 4.78 is 5.61. The van der Waals surface area contributed by atoms with Gasteiger partial charge >= 0.3 is 5.97 Å². The fourth-order valence-corrected chi connectivity index (χ4v) is 2.29. The van der Waals surface area contributed by atoms with Crippen LogP contribution in [0.15, 0.2) is 65.8 Å². The predicted molar refractivity (Wildman–Crippen MR) is 82.3 cm³/mol. The molecule has 0 fully saturated rings. The number of benzene rings is 2. The second-order valence-electron chi connectivity index (χ2n) is 4.95. The largest absolute Gasteiger partial charge is 0.436 e. The number of para-hydroxylation sites is 1. The highest BCUT2D eigenvalue weighted by Gasteiger charge is 2.29. The monoisotopic (exact) mass is 280 g/mol. The van der Waals surface area contributed by atoms with Gasteiger partial charge in [-0.05, 0) is 31.2 Å². The van der Waals surface area contributed by atoms with Gasteiger partial charge in [-0.3, -0.25) is 0 Å². The first-order chi connectivity index (χ1) is 10.2. The molecule has 0 aliphatic carbocycles. The fraction of sp³-hybridized carbons (Fsp3) is 0.176. The van der Waals surface area contributed by atoms with E-state index in [4.69, 9.17) is 4.74 Å². The van der Waals surface area contributed by atoms with Crippen molar-refractivity contribution < 1.29 is 9.53 Å². The van der Waals surface area contributed by atoms with Crippen LogP contribution in [0.5, 0.6) is 0 Å². The van der Waals surface area contributed by atoms with Gasteiger partial charge in [-0.1, -0.05) is 36.4 Å². The Morgan fingerprint density at radius 1 is 1.10 bits per heavy atom. The molecule has 0 unspecified atom stereocenters. The minimum atomic E-state index is -0.389. The van der Waals surface area contributed by atoms with Crippen molar-refractivity contribution in [3.63, 3.8) is 0 Å². The Hall–Kier alpha value is -2.62. The lowest BCUT2D eigenvalue weighted by Crippen LogP contribution is -2.31. The first-order valence-corrected chi connectivity index (χ1v) is 6.88. The Balaban J connectivity index is 1.77. The van der Waals surface area contributed by atoms with Crippen molar-refractivity contribution in [2.24, 2.45) is 5.10 Å². The summed E-state index contributed by atoms with van der Waals surface area (Å²) in [7, 11) is 0. The van der Waals surface area contributed by atoms with Crippen molar-refractivity contribution in [2.75, 3.05) is 5.01 Å². The number of esters is 1. The van der Waals surface area contributed by atoms with Crippen LogP contribution in [0.2, 0.25) is 0 Å². The van der Waals surface area contributed by atoms with Gasteiger partial charge in [-0.2, -0.15) is 5.10 Å². The molecule has 0 spiro atoms. The van der Waals surface area contributed by atoms with Gasteiger partial charge in [0.25, 0.3) is 0 Å². The molecule has 1 aliphatic heterocycles. The molecule has 2 aromatic carbocycles. The average Bonchev–Trinajstić information content (AvgIpc) is 2.89. The second kappa shape index (κ2) is 5.79. The minimum Gasteiger partial charge on any atom is -0.436 e. The molecule has 1 atom stereocenters. The number of nitrogens with zero attached hydrogens (tertiary/aromatic N) is 2. The van der Waals surface area contributed by atoms with Crippen molar-refractivity contribution in [1.82, 2.24) is 0 Å². The SMILES string of the molecule is CC1=NN(c2ccccc2)[C@@H](OC(=O)c2ccccc2)C1. The van der Waals surface area contributed by atoms with E-state index in [1.807, 2.05) is 55.5 Å². The van der Waals surface area contributed by atoms with Crippen LogP contribution in [0.4, 0.5) is 5.69 Å². The maximum absolute atomic E-state index is 12.2. The van der Waals surface area contributed by atoms with Gasteiger partial charge in [0.2, 0.25) is 6.23 Å². The number of hydrogen-bond acceptors (Lipinski definition) is 4. The summed E-state index contributed by atoms with van der Waals surface area (Å²) in [5.41, 5.74) is 2.42. The third-order valence-corrected chi connectivity index (χ3v) is 3.29. The third-order valence-electron chi connectivity index (χ3n) is 3.29. The zero-order chi connectivity index (χ0) is 14.7. The van der Waals surface area contributed by atoms with E-state index in [2.05, 4.69) is 5.10 Å². The normalized spacial score (nSPS) is 17.5. The zero-order valence-electron chi connectivity index (χ0n) is 11.8. The molecule has 21 heavy (non-hydrogen) atoms. The Kier molecular flexibility index (Phi) is 3.69. The van der Waals surface area contributed by atoms with Crippen LogP contribution in [0.25, 0.3) is 0 Å². The van der Waals surface area contributed by atoms with E-state index in [0.717, 1.165) is 11.4 Å². The molecule has 1 aliphatic rings. The number of carbonyl (C=O) groups is 1. The van der Waals surface area contributed by atoms with Crippen LogP contribution in [0.3, 0.4) is 0 Å². The smallest absolute Gasteiger partial charge is 0.340 e. The molecule has 0 radical (unpaired) electrons. The predicted octanol–water partition coefficient (Wildman–Crippen LogP) is 3.46. The molecular weight excluding hydrogens is 264 g/mol. The highest BCUT2D eigenvalue weighted by atomic mass is 16.6. The maximum atomic E-state index is 12.2. The van der Waals surface area contributed by atoms with Crippen LogP contribution in [-0.4, -0.2) is 17.9 Å².